The lowest BCUT2D eigenvalue weighted by Gasteiger charge is -2.27. The fourth-order valence-electron chi connectivity index (χ4n) is 2.40. The van der Waals surface area contributed by atoms with Crippen LogP contribution >= 0.6 is 0 Å². The van der Waals surface area contributed by atoms with Crippen molar-refractivity contribution < 1.29 is 4.74 Å². The van der Waals surface area contributed by atoms with E-state index in [0.29, 0.717) is 6.04 Å². The minimum atomic E-state index is 0.708. The summed E-state index contributed by atoms with van der Waals surface area (Å²) in [6.07, 6.45) is 2.47. The van der Waals surface area contributed by atoms with Gasteiger partial charge in [-0.2, -0.15) is 0 Å². The normalized spacial score (nSPS) is 25.4. The number of likely N-dealkylation sites (N-methyl/N-ethyl adjacent to an activating group) is 1. The van der Waals surface area contributed by atoms with Gasteiger partial charge in [0.15, 0.2) is 0 Å². The molecule has 15 heavy (non-hydrogen) atoms. The topological polar surface area (TPSA) is 15.7 Å². The van der Waals surface area contributed by atoms with Crippen LogP contribution < -0.4 is 0 Å². The fraction of sp³-hybridized carbons (Fsp3) is 1.00. The first kappa shape index (κ1) is 12.9. The molecule has 0 aromatic heterocycles. The second-order valence-electron chi connectivity index (χ2n) is 4.48. The zero-order chi connectivity index (χ0) is 11.1. The Bertz CT molecular complexity index is 164. The molecule has 1 aliphatic heterocycles. The van der Waals surface area contributed by atoms with Crippen LogP contribution in [0.25, 0.3) is 0 Å². The van der Waals surface area contributed by atoms with Crippen LogP contribution in [0, 0.1) is 0 Å². The average Bonchev–Trinajstić information content (AvgIpc) is 2.40. The molecule has 0 aliphatic carbocycles. The van der Waals surface area contributed by atoms with Gasteiger partial charge in [-0.05, 0) is 39.4 Å². The van der Waals surface area contributed by atoms with Gasteiger partial charge in [0.2, 0.25) is 0 Å². The first-order valence-electron chi connectivity index (χ1n) is 6.23. The molecule has 1 atom stereocenters. The molecule has 0 bridgehead atoms. The number of hydrogen-bond donors (Lipinski definition) is 0. The smallest absolute Gasteiger partial charge is 0.0474 e. The van der Waals surface area contributed by atoms with Crippen molar-refractivity contribution in [2.45, 2.75) is 32.7 Å². The van der Waals surface area contributed by atoms with Crippen LogP contribution in [0.5, 0.6) is 0 Å². The Hall–Kier alpha value is -0.120. The summed E-state index contributed by atoms with van der Waals surface area (Å²) in [5.41, 5.74) is 0. The Morgan fingerprint density at radius 1 is 1.33 bits per heavy atom. The quantitative estimate of drug-likeness (QED) is 0.644. The molecule has 0 unspecified atom stereocenters. The second kappa shape index (κ2) is 7.20. The van der Waals surface area contributed by atoms with Crippen LogP contribution in [0.2, 0.25) is 0 Å². The zero-order valence-corrected chi connectivity index (χ0v) is 10.5. The number of nitrogens with zero attached hydrogens (tertiary/aromatic N) is 2. The molecule has 0 aromatic carbocycles. The maximum atomic E-state index is 5.10. The van der Waals surface area contributed by atoms with Gasteiger partial charge >= 0.3 is 0 Å². The fourth-order valence-corrected chi connectivity index (χ4v) is 2.40. The van der Waals surface area contributed by atoms with E-state index in [0.717, 1.165) is 13.0 Å². The highest BCUT2D eigenvalue weighted by molar-refractivity contribution is 4.75. The molecule has 0 spiro atoms. The van der Waals surface area contributed by atoms with E-state index in [1.54, 1.807) is 7.11 Å². The molecular weight excluding hydrogens is 188 g/mol. The van der Waals surface area contributed by atoms with E-state index in [1.165, 1.54) is 39.1 Å². The van der Waals surface area contributed by atoms with Gasteiger partial charge in [0.05, 0.1) is 0 Å². The van der Waals surface area contributed by atoms with Crippen LogP contribution in [0.1, 0.15) is 26.7 Å². The van der Waals surface area contributed by atoms with Crippen LogP contribution in [-0.4, -0.2) is 62.3 Å². The van der Waals surface area contributed by atoms with Gasteiger partial charge in [-0.3, -0.25) is 4.90 Å². The van der Waals surface area contributed by atoms with Crippen molar-refractivity contribution in [1.82, 2.24) is 9.80 Å². The number of rotatable bonds is 5. The molecular formula is C12H26N2O. The van der Waals surface area contributed by atoms with E-state index in [9.17, 15) is 0 Å². The Morgan fingerprint density at radius 2 is 2.13 bits per heavy atom. The minimum Gasteiger partial charge on any atom is -0.385 e. The van der Waals surface area contributed by atoms with E-state index >= 15 is 0 Å². The van der Waals surface area contributed by atoms with Crippen molar-refractivity contribution >= 4 is 0 Å². The Labute approximate surface area is 94.4 Å². The largest absolute Gasteiger partial charge is 0.385 e. The zero-order valence-electron chi connectivity index (χ0n) is 10.5. The third kappa shape index (κ3) is 4.49. The summed E-state index contributed by atoms with van der Waals surface area (Å²) >= 11 is 0. The molecule has 0 saturated carbocycles. The standard InChI is InChI=1S/C12H26N2O/c1-4-14-9-5-7-13(11-12(14)2)8-6-10-15-3/h12H,4-11H2,1-3H3/t12-/m0/s1. The lowest BCUT2D eigenvalue weighted by molar-refractivity contribution is 0.161. The maximum Gasteiger partial charge on any atom is 0.0474 e. The van der Waals surface area contributed by atoms with E-state index < -0.39 is 0 Å². The summed E-state index contributed by atoms with van der Waals surface area (Å²) in [5, 5.41) is 0. The van der Waals surface area contributed by atoms with Gasteiger partial charge in [-0.25, -0.2) is 0 Å². The van der Waals surface area contributed by atoms with Crippen molar-refractivity contribution in [2.24, 2.45) is 0 Å². The van der Waals surface area contributed by atoms with E-state index in [4.69, 9.17) is 4.74 Å². The highest BCUT2D eigenvalue weighted by Gasteiger charge is 2.19. The molecule has 0 aromatic rings. The maximum absolute atomic E-state index is 5.10. The molecule has 1 fully saturated rings. The Morgan fingerprint density at radius 3 is 2.80 bits per heavy atom. The van der Waals surface area contributed by atoms with Crippen LogP contribution in [0.3, 0.4) is 0 Å². The highest BCUT2D eigenvalue weighted by atomic mass is 16.5. The third-order valence-corrected chi connectivity index (χ3v) is 3.29. The molecule has 90 valence electrons. The third-order valence-electron chi connectivity index (χ3n) is 3.29. The first-order chi connectivity index (χ1) is 7.27. The number of methoxy groups -OCH3 is 1. The number of hydrogen-bond acceptors (Lipinski definition) is 3. The minimum absolute atomic E-state index is 0.708. The van der Waals surface area contributed by atoms with Crippen LogP contribution in [0.15, 0.2) is 0 Å². The van der Waals surface area contributed by atoms with Crippen molar-refractivity contribution in [3.8, 4) is 0 Å². The average molecular weight is 214 g/mol. The molecule has 1 aliphatic rings. The van der Waals surface area contributed by atoms with Crippen molar-refractivity contribution in [3.05, 3.63) is 0 Å². The lowest BCUT2D eigenvalue weighted by Crippen LogP contribution is -2.39. The molecule has 3 heteroatoms. The lowest BCUT2D eigenvalue weighted by atomic mass is 10.2. The van der Waals surface area contributed by atoms with E-state index in [1.807, 2.05) is 0 Å². The van der Waals surface area contributed by atoms with Gasteiger partial charge in [0.25, 0.3) is 0 Å². The molecule has 1 rings (SSSR count). The predicted molar refractivity (Wildman–Crippen MR) is 64.3 cm³/mol. The van der Waals surface area contributed by atoms with Gasteiger partial charge < -0.3 is 9.64 Å². The summed E-state index contributed by atoms with van der Waals surface area (Å²) in [4.78, 5) is 5.16. The first-order valence-corrected chi connectivity index (χ1v) is 6.23. The summed E-state index contributed by atoms with van der Waals surface area (Å²) in [7, 11) is 1.78. The van der Waals surface area contributed by atoms with Gasteiger partial charge in [0.1, 0.15) is 0 Å². The predicted octanol–water partition coefficient (Wildman–Crippen LogP) is 1.44. The Balaban J connectivity index is 2.28. The van der Waals surface area contributed by atoms with Crippen molar-refractivity contribution in [2.75, 3.05) is 46.4 Å². The summed E-state index contributed by atoms with van der Waals surface area (Å²) in [5.74, 6) is 0. The highest BCUT2D eigenvalue weighted by Crippen LogP contribution is 2.09. The molecule has 3 nitrogen and oxygen atoms in total. The molecule has 0 amide bonds. The number of ether oxygens (including phenoxy) is 1. The van der Waals surface area contributed by atoms with E-state index in [-0.39, 0.29) is 0 Å². The van der Waals surface area contributed by atoms with Crippen LogP contribution in [0.4, 0.5) is 0 Å². The molecule has 0 radical (unpaired) electrons. The summed E-state index contributed by atoms with van der Waals surface area (Å²) in [6, 6.07) is 0.708. The molecule has 1 heterocycles. The van der Waals surface area contributed by atoms with Crippen molar-refractivity contribution in [3.63, 3.8) is 0 Å². The van der Waals surface area contributed by atoms with Crippen molar-refractivity contribution in [1.29, 1.82) is 0 Å². The van der Waals surface area contributed by atoms with Crippen LogP contribution in [-0.2, 0) is 4.74 Å². The SMILES string of the molecule is CCN1CCCN(CCCOC)C[C@@H]1C. The Kier molecular flexibility index (Phi) is 6.22. The van der Waals surface area contributed by atoms with Gasteiger partial charge in [0, 0.05) is 32.8 Å². The monoisotopic (exact) mass is 214 g/mol. The second-order valence-corrected chi connectivity index (χ2v) is 4.48. The summed E-state index contributed by atoms with van der Waals surface area (Å²) in [6.45, 7) is 11.6. The molecule has 0 N–H and O–H groups in total. The molecule has 1 saturated heterocycles. The van der Waals surface area contributed by atoms with Gasteiger partial charge in [-0.15, -0.1) is 0 Å². The van der Waals surface area contributed by atoms with E-state index in [2.05, 4.69) is 23.6 Å². The summed E-state index contributed by atoms with van der Waals surface area (Å²) < 4.78 is 5.10. The van der Waals surface area contributed by atoms with Gasteiger partial charge in [-0.1, -0.05) is 6.92 Å².